The molecule has 0 fully saturated rings. The van der Waals surface area contributed by atoms with Gasteiger partial charge in [0.15, 0.2) is 0 Å². The zero-order valence-corrected chi connectivity index (χ0v) is 31.6. The maximum Gasteiger partial charge on any atom is 0.139 e. The largest absolute Gasteiger partial charge is 0.456 e. The summed E-state index contributed by atoms with van der Waals surface area (Å²) in [7, 11) is 0. The molecule has 0 aliphatic heterocycles. The van der Waals surface area contributed by atoms with E-state index in [0.29, 0.717) is 11.6 Å². The van der Waals surface area contributed by atoms with Crippen molar-refractivity contribution in [3.05, 3.63) is 169 Å². The van der Waals surface area contributed by atoms with Gasteiger partial charge in [-0.3, -0.25) is 4.98 Å². The second-order valence-corrected chi connectivity index (χ2v) is 15.1. The molecule has 0 amide bonds. The summed E-state index contributed by atoms with van der Waals surface area (Å²) >= 11 is 1.42. The summed E-state index contributed by atoms with van der Waals surface area (Å²) in [5.74, 6) is 1.39. The lowest BCUT2D eigenvalue weighted by atomic mass is 9.79. The smallest absolute Gasteiger partial charge is 0.139 e. The zero-order chi connectivity index (χ0) is 38.2. The molecule has 0 saturated carbocycles. The van der Waals surface area contributed by atoms with Gasteiger partial charge in [-0.15, -0.1) is 0 Å². The van der Waals surface area contributed by atoms with Crippen LogP contribution in [0.25, 0.3) is 122 Å². The minimum Gasteiger partial charge on any atom is -0.456 e. The van der Waals surface area contributed by atoms with Crippen LogP contribution in [0.2, 0.25) is 0 Å². The highest BCUT2D eigenvalue weighted by Gasteiger charge is 2.34. The molecule has 8 heteroatoms. The van der Waals surface area contributed by atoms with Crippen molar-refractivity contribution in [3.8, 4) is 67.7 Å². The quantitative estimate of drug-likeness (QED) is 0.176. The SMILES string of the molecule is c1ccc2nc(-c3c(-c4ccsn4)c(-c4cc5ccccc5o4)c(-c4nc5ccccc5[nH]4)c(-c4cc5ccccc5[nH]4)c3-c3nccc4ccccc34)ccc2c1. The van der Waals surface area contributed by atoms with Crippen LogP contribution in [0.4, 0.5) is 0 Å². The van der Waals surface area contributed by atoms with E-state index >= 15 is 0 Å². The van der Waals surface area contributed by atoms with E-state index in [1.807, 2.05) is 60.1 Å². The first-order chi connectivity index (χ1) is 28.7. The summed E-state index contributed by atoms with van der Waals surface area (Å²) in [6.07, 6.45) is 1.90. The molecule has 2 N–H and O–H groups in total. The first-order valence-corrected chi connectivity index (χ1v) is 20.0. The van der Waals surface area contributed by atoms with Crippen molar-refractivity contribution in [1.29, 1.82) is 0 Å². The van der Waals surface area contributed by atoms with Gasteiger partial charge in [-0.25, -0.2) is 9.97 Å². The lowest BCUT2D eigenvalue weighted by molar-refractivity contribution is 0.632. The monoisotopic (exact) mass is 762 g/mol. The Balaban J connectivity index is 1.38. The molecule has 0 unspecified atom stereocenters. The first-order valence-electron chi connectivity index (χ1n) is 19.1. The maximum absolute atomic E-state index is 6.94. The highest BCUT2D eigenvalue weighted by atomic mass is 32.1. The van der Waals surface area contributed by atoms with Gasteiger partial charge in [0, 0.05) is 77.7 Å². The average molecular weight is 763 g/mol. The van der Waals surface area contributed by atoms with E-state index in [0.717, 1.165) is 111 Å². The maximum atomic E-state index is 6.94. The summed E-state index contributed by atoms with van der Waals surface area (Å²) < 4.78 is 12.0. The number of fused-ring (bicyclic) bond motifs is 5. The van der Waals surface area contributed by atoms with Gasteiger partial charge in [-0.05, 0) is 77.6 Å². The zero-order valence-electron chi connectivity index (χ0n) is 30.8. The van der Waals surface area contributed by atoms with Gasteiger partial charge in [0.05, 0.1) is 33.6 Å². The number of rotatable bonds is 6. The van der Waals surface area contributed by atoms with Gasteiger partial charge in [-0.1, -0.05) is 97.1 Å². The Hall–Kier alpha value is -7.68. The van der Waals surface area contributed by atoms with Crippen LogP contribution in [0.5, 0.6) is 0 Å². The molecule has 6 heterocycles. The van der Waals surface area contributed by atoms with Crippen LogP contribution in [0, 0.1) is 0 Å². The molecule has 0 aliphatic carbocycles. The molecule has 12 rings (SSSR count). The van der Waals surface area contributed by atoms with Crippen molar-refractivity contribution < 1.29 is 4.42 Å². The Labute approximate surface area is 335 Å². The fraction of sp³-hybridized carbons (Fsp3) is 0. The fourth-order valence-corrected chi connectivity index (χ4v) is 9.02. The van der Waals surface area contributed by atoms with E-state index in [1.54, 1.807) is 0 Å². The molecular formula is C50H30N6OS. The molecule has 6 aromatic heterocycles. The van der Waals surface area contributed by atoms with Crippen molar-refractivity contribution in [2.24, 2.45) is 0 Å². The number of imidazole rings is 1. The first kappa shape index (κ1) is 32.6. The van der Waals surface area contributed by atoms with Gasteiger partial charge in [0.25, 0.3) is 0 Å². The molecule has 0 radical (unpaired) electrons. The Morgan fingerprint density at radius 3 is 2.05 bits per heavy atom. The summed E-state index contributed by atoms with van der Waals surface area (Å²) in [5.41, 5.74) is 13.1. The Morgan fingerprint density at radius 2 is 1.22 bits per heavy atom. The van der Waals surface area contributed by atoms with Crippen LogP contribution >= 0.6 is 11.5 Å². The highest BCUT2D eigenvalue weighted by Crippen LogP contribution is 2.56. The number of nitrogens with zero attached hydrogens (tertiary/aromatic N) is 4. The molecule has 0 bridgehead atoms. The Bertz CT molecular complexity index is 3440. The highest BCUT2D eigenvalue weighted by molar-refractivity contribution is 7.03. The van der Waals surface area contributed by atoms with Crippen molar-refractivity contribution in [2.45, 2.75) is 0 Å². The lowest BCUT2D eigenvalue weighted by Gasteiger charge is -2.25. The predicted molar refractivity (Wildman–Crippen MR) is 237 cm³/mol. The lowest BCUT2D eigenvalue weighted by Crippen LogP contribution is -2.04. The number of benzene rings is 6. The van der Waals surface area contributed by atoms with Crippen molar-refractivity contribution in [3.63, 3.8) is 0 Å². The molecular weight excluding hydrogens is 733 g/mol. The Kier molecular flexibility index (Phi) is 7.26. The number of para-hydroxylation sites is 5. The van der Waals surface area contributed by atoms with E-state index in [4.69, 9.17) is 23.7 Å². The number of hydrogen-bond donors (Lipinski definition) is 2. The Morgan fingerprint density at radius 1 is 0.483 bits per heavy atom. The van der Waals surface area contributed by atoms with E-state index in [-0.39, 0.29) is 0 Å². The number of hydrogen-bond acceptors (Lipinski definition) is 6. The van der Waals surface area contributed by atoms with E-state index in [2.05, 4.69) is 119 Å². The number of furan rings is 1. The minimum absolute atomic E-state index is 0.691. The second kappa shape index (κ2) is 12.9. The van der Waals surface area contributed by atoms with Crippen LogP contribution < -0.4 is 0 Å². The molecule has 7 nitrogen and oxygen atoms in total. The number of pyridine rings is 2. The van der Waals surface area contributed by atoms with Crippen LogP contribution in [-0.2, 0) is 0 Å². The molecule has 272 valence electrons. The third-order valence-corrected chi connectivity index (χ3v) is 11.6. The number of aromatic amines is 2. The molecule has 0 atom stereocenters. The molecule has 0 spiro atoms. The summed E-state index contributed by atoms with van der Waals surface area (Å²) in [6.45, 7) is 0. The summed E-state index contributed by atoms with van der Waals surface area (Å²) in [5, 5.41) is 7.25. The molecule has 0 saturated heterocycles. The van der Waals surface area contributed by atoms with E-state index in [9.17, 15) is 0 Å². The van der Waals surface area contributed by atoms with Gasteiger partial charge < -0.3 is 14.4 Å². The predicted octanol–water partition coefficient (Wildman–Crippen LogP) is 13.3. The molecule has 6 aromatic carbocycles. The van der Waals surface area contributed by atoms with Gasteiger partial charge in [-0.2, -0.15) is 4.37 Å². The van der Waals surface area contributed by atoms with Crippen LogP contribution in [0.15, 0.2) is 174 Å². The average Bonchev–Trinajstić information content (AvgIpc) is 4.11. The number of aromatic nitrogens is 6. The summed E-state index contributed by atoms with van der Waals surface area (Å²) in [4.78, 5) is 23.7. The van der Waals surface area contributed by atoms with Gasteiger partial charge in [0.1, 0.15) is 17.2 Å². The van der Waals surface area contributed by atoms with Crippen molar-refractivity contribution >= 4 is 66.1 Å². The van der Waals surface area contributed by atoms with E-state index in [1.165, 1.54) is 11.5 Å². The molecule has 58 heavy (non-hydrogen) atoms. The number of nitrogens with one attached hydrogen (secondary N) is 2. The van der Waals surface area contributed by atoms with Crippen LogP contribution in [0.1, 0.15) is 0 Å². The van der Waals surface area contributed by atoms with Gasteiger partial charge in [0.2, 0.25) is 0 Å². The second-order valence-electron chi connectivity index (χ2n) is 14.4. The van der Waals surface area contributed by atoms with Crippen molar-refractivity contribution in [1.82, 2.24) is 29.3 Å². The van der Waals surface area contributed by atoms with E-state index < -0.39 is 0 Å². The summed E-state index contributed by atoms with van der Waals surface area (Å²) in [6, 6.07) is 54.2. The van der Waals surface area contributed by atoms with Crippen LogP contribution in [0.3, 0.4) is 0 Å². The fourth-order valence-electron chi connectivity index (χ4n) is 8.50. The topological polar surface area (TPSA) is 96.3 Å². The van der Waals surface area contributed by atoms with Gasteiger partial charge >= 0.3 is 0 Å². The van der Waals surface area contributed by atoms with Crippen molar-refractivity contribution in [2.75, 3.05) is 0 Å². The standard InChI is InChI=1S/C50H30N6OS/c1-5-15-33-29(11-1)23-25-51-49(33)47-43(38-22-21-30-12-2-6-16-34(30)52-38)44(39-24-26-58-56-39)46(42-28-32-14-4-10-20-41(32)57-42)48(50-54-36-18-8-9-19-37(36)55-50)45(47)40-27-31-13-3-7-17-35(31)53-40/h1-28,53H,(H,54,55). The third kappa shape index (κ3) is 5.12. The third-order valence-electron chi connectivity index (χ3n) is 11.1. The minimum atomic E-state index is 0.691. The number of H-pyrrole nitrogens is 2. The molecule has 0 aliphatic rings. The molecule has 12 aromatic rings. The van der Waals surface area contributed by atoms with Crippen LogP contribution in [-0.4, -0.2) is 29.3 Å². The normalized spacial score (nSPS) is 11.8.